The van der Waals surface area contributed by atoms with E-state index in [9.17, 15) is 5.11 Å². The largest absolute Gasteiger partial charge is 0.394 e. The van der Waals surface area contributed by atoms with Crippen molar-refractivity contribution in [2.45, 2.75) is 76.3 Å². The molecule has 0 saturated carbocycles. The molecule has 8 heteroatoms. The molecule has 0 aromatic carbocycles. The second-order valence-electron chi connectivity index (χ2n) is 8.84. The van der Waals surface area contributed by atoms with Crippen LogP contribution in [0.25, 0.3) is 0 Å². The normalized spacial score (nSPS) is 26.3. The maximum atomic E-state index is 9.22. The second-order valence-corrected chi connectivity index (χ2v) is 10.1. The summed E-state index contributed by atoms with van der Waals surface area (Å²) in [6, 6.07) is 2.41. The Morgan fingerprint density at radius 1 is 1.27 bits per heavy atom. The summed E-state index contributed by atoms with van der Waals surface area (Å²) in [4.78, 5) is 5.51. The highest BCUT2D eigenvalue weighted by atomic mass is 32.1. The molecule has 2 saturated heterocycles. The van der Waals surface area contributed by atoms with Gasteiger partial charge in [-0.25, -0.2) is 4.68 Å². The molecular formula is C22H32N4O3S. The minimum Gasteiger partial charge on any atom is -0.394 e. The lowest BCUT2D eigenvalue weighted by Gasteiger charge is -2.44. The Hall–Kier alpha value is -1.32. The number of likely N-dealkylation sites (tertiary alicyclic amines) is 1. The molecule has 0 aliphatic carbocycles. The first-order valence-corrected chi connectivity index (χ1v) is 12.1. The number of nitrogens with zero attached hydrogens (tertiary/aromatic N) is 4. The molecule has 0 unspecified atom stereocenters. The Balaban J connectivity index is 1.17. The lowest BCUT2D eigenvalue weighted by atomic mass is 9.82. The van der Waals surface area contributed by atoms with Gasteiger partial charge in [0.1, 0.15) is 0 Å². The molecule has 5 rings (SSSR count). The van der Waals surface area contributed by atoms with Gasteiger partial charge in [0.25, 0.3) is 0 Å². The maximum Gasteiger partial charge on any atom is 0.0967 e. The highest BCUT2D eigenvalue weighted by Crippen LogP contribution is 2.44. The van der Waals surface area contributed by atoms with Crippen LogP contribution in [0.5, 0.6) is 0 Å². The van der Waals surface area contributed by atoms with Crippen LogP contribution in [0, 0.1) is 0 Å². The van der Waals surface area contributed by atoms with Gasteiger partial charge in [0.05, 0.1) is 43.3 Å². The van der Waals surface area contributed by atoms with Gasteiger partial charge in [-0.1, -0.05) is 12.1 Å². The van der Waals surface area contributed by atoms with Crippen molar-refractivity contribution in [3.8, 4) is 0 Å². The van der Waals surface area contributed by atoms with Crippen LogP contribution in [-0.4, -0.2) is 63.5 Å². The molecule has 7 nitrogen and oxygen atoms in total. The zero-order valence-corrected chi connectivity index (χ0v) is 18.6. The van der Waals surface area contributed by atoms with Crippen molar-refractivity contribution >= 4 is 11.3 Å². The molecule has 5 heterocycles. The summed E-state index contributed by atoms with van der Waals surface area (Å²) in [7, 11) is 0. The molecule has 3 aliphatic rings. The van der Waals surface area contributed by atoms with E-state index in [1.807, 2.05) is 22.2 Å². The summed E-state index contributed by atoms with van der Waals surface area (Å²) in [6.45, 7) is 6.78. The Morgan fingerprint density at radius 2 is 2.10 bits per heavy atom. The number of aromatic nitrogens is 3. The molecule has 3 aliphatic heterocycles. The lowest BCUT2D eigenvalue weighted by Crippen LogP contribution is -2.45. The zero-order chi connectivity index (χ0) is 20.6. The predicted octanol–water partition coefficient (Wildman–Crippen LogP) is 2.51. The van der Waals surface area contributed by atoms with Gasteiger partial charge in [0, 0.05) is 42.0 Å². The average Bonchev–Trinajstić information content (AvgIpc) is 3.50. The second kappa shape index (κ2) is 8.67. The highest BCUT2D eigenvalue weighted by molar-refractivity contribution is 7.12. The van der Waals surface area contributed by atoms with E-state index >= 15 is 0 Å². The van der Waals surface area contributed by atoms with Gasteiger partial charge in [0.15, 0.2) is 0 Å². The Bertz CT molecular complexity index is 858. The number of aryl methyl sites for hydroxylation is 1. The molecule has 164 valence electrons. The number of fused-ring (bicyclic) bond motifs is 2. The average molecular weight is 433 g/mol. The number of hydrogen-bond donors (Lipinski definition) is 1. The summed E-state index contributed by atoms with van der Waals surface area (Å²) in [5.74, 6) is 0. The van der Waals surface area contributed by atoms with Crippen LogP contribution in [0.1, 0.15) is 53.6 Å². The third-order valence-corrected chi connectivity index (χ3v) is 8.17. The number of hydrogen-bond acceptors (Lipinski definition) is 7. The topological polar surface area (TPSA) is 72.6 Å². The number of aliphatic hydroxyl groups excluding tert-OH is 1. The smallest absolute Gasteiger partial charge is 0.0967 e. The quantitative estimate of drug-likeness (QED) is 0.756. The SMILES string of the molecule is CCc1cc2c(s1)CCOC21CCN(Cc2cn(C[C@H]3CC[C@@H](CO)O3)nn2)CC1. The fourth-order valence-corrected chi connectivity index (χ4v) is 6.30. The van der Waals surface area contributed by atoms with E-state index in [-0.39, 0.29) is 24.4 Å². The van der Waals surface area contributed by atoms with Gasteiger partial charge < -0.3 is 14.6 Å². The van der Waals surface area contributed by atoms with E-state index in [4.69, 9.17) is 9.47 Å². The van der Waals surface area contributed by atoms with Gasteiger partial charge in [-0.3, -0.25) is 4.90 Å². The van der Waals surface area contributed by atoms with Crippen molar-refractivity contribution in [2.24, 2.45) is 0 Å². The lowest BCUT2D eigenvalue weighted by molar-refractivity contribution is -0.0982. The fraction of sp³-hybridized carbons (Fsp3) is 0.727. The van der Waals surface area contributed by atoms with Crippen LogP contribution in [0.4, 0.5) is 0 Å². The summed E-state index contributed by atoms with van der Waals surface area (Å²) in [6.07, 6.45) is 8.33. The van der Waals surface area contributed by atoms with Gasteiger partial charge in [-0.15, -0.1) is 16.4 Å². The van der Waals surface area contributed by atoms with Crippen molar-refractivity contribution in [2.75, 3.05) is 26.3 Å². The predicted molar refractivity (Wildman–Crippen MR) is 115 cm³/mol. The molecule has 0 radical (unpaired) electrons. The van der Waals surface area contributed by atoms with Gasteiger partial charge in [0.2, 0.25) is 0 Å². The molecule has 30 heavy (non-hydrogen) atoms. The number of ether oxygens (including phenoxy) is 2. The molecule has 1 spiro atoms. The standard InChI is InChI=1S/C22H32N4O3S/c1-2-19-11-20-21(30-19)5-10-28-22(20)6-8-25(9-7-22)12-16-13-26(24-23-16)14-17-3-4-18(15-27)29-17/h11,13,17-18,27H,2-10,12,14-15H2,1H3/t17-,18+/m1/s1. The van der Waals surface area contributed by atoms with E-state index in [1.54, 1.807) is 4.88 Å². The molecule has 1 N–H and O–H groups in total. The van der Waals surface area contributed by atoms with Gasteiger partial charge >= 0.3 is 0 Å². The minimum absolute atomic E-state index is 0.0159. The van der Waals surface area contributed by atoms with Crippen molar-refractivity contribution in [1.82, 2.24) is 19.9 Å². The summed E-state index contributed by atoms with van der Waals surface area (Å²) in [5.41, 5.74) is 2.41. The van der Waals surface area contributed by atoms with Crippen molar-refractivity contribution in [3.05, 3.63) is 33.3 Å². The summed E-state index contributed by atoms with van der Waals surface area (Å²) >= 11 is 1.98. The van der Waals surface area contributed by atoms with Crippen LogP contribution in [0.2, 0.25) is 0 Å². The monoisotopic (exact) mass is 432 g/mol. The van der Waals surface area contributed by atoms with E-state index in [1.165, 1.54) is 10.4 Å². The third-order valence-electron chi connectivity index (χ3n) is 6.83. The van der Waals surface area contributed by atoms with Crippen molar-refractivity contribution in [1.29, 1.82) is 0 Å². The van der Waals surface area contributed by atoms with Crippen LogP contribution < -0.4 is 0 Å². The van der Waals surface area contributed by atoms with E-state index < -0.39 is 0 Å². The number of rotatable bonds is 6. The molecule has 0 bridgehead atoms. The Labute approximate surface area is 182 Å². The van der Waals surface area contributed by atoms with Gasteiger partial charge in [-0.2, -0.15) is 0 Å². The van der Waals surface area contributed by atoms with Crippen molar-refractivity contribution in [3.63, 3.8) is 0 Å². The van der Waals surface area contributed by atoms with Gasteiger partial charge in [-0.05, 0) is 43.7 Å². The maximum absolute atomic E-state index is 9.22. The highest BCUT2D eigenvalue weighted by Gasteiger charge is 2.41. The molecule has 0 amide bonds. The molecule has 2 atom stereocenters. The Kier molecular flexibility index (Phi) is 5.94. The summed E-state index contributed by atoms with van der Waals surface area (Å²) in [5, 5.41) is 17.9. The van der Waals surface area contributed by atoms with Crippen molar-refractivity contribution < 1.29 is 14.6 Å². The van der Waals surface area contributed by atoms with E-state index in [0.717, 1.165) is 70.5 Å². The Morgan fingerprint density at radius 3 is 2.87 bits per heavy atom. The number of thiophene rings is 1. The molecule has 2 aromatic heterocycles. The van der Waals surface area contributed by atoms with E-state index in [2.05, 4.69) is 28.2 Å². The van der Waals surface area contributed by atoms with Crippen LogP contribution in [-0.2, 0) is 41.0 Å². The third kappa shape index (κ3) is 4.08. The molecule has 2 fully saturated rings. The first kappa shape index (κ1) is 20.6. The number of aliphatic hydroxyl groups is 1. The molecular weight excluding hydrogens is 400 g/mol. The first-order valence-electron chi connectivity index (χ1n) is 11.3. The van der Waals surface area contributed by atoms with Crippen LogP contribution in [0.15, 0.2) is 12.3 Å². The summed E-state index contributed by atoms with van der Waals surface area (Å²) < 4.78 is 14.1. The number of piperidine rings is 1. The first-order chi connectivity index (χ1) is 14.7. The zero-order valence-electron chi connectivity index (χ0n) is 17.8. The van der Waals surface area contributed by atoms with E-state index in [0.29, 0.717) is 6.54 Å². The fourth-order valence-electron chi connectivity index (χ4n) is 5.12. The minimum atomic E-state index is -0.0747. The molecule has 2 aromatic rings. The van der Waals surface area contributed by atoms with Crippen LogP contribution >= 0.6 is 11.3 Å². The van der Waals surface area contributed by atoms with Crippen LogP contribution in [0.3, 0.4) is 0 Å².